The van der Waals surface area contributed by atoms with Gasteiger partial charge in [-0.1, -0.05) is 18.2 Å². The fraction of sp³-hybridized carbons (Fsp3) is 0.333. The average Bonchev–Trinajstić information content (AvgIpc) is 3.36. The summed E-state index contributed by atoms with van der Waals surface area (Å²) in [5.74, 6) is 1.16. The second kappa shape index (κ2) is 7.70. The molecule has 1 N–H and O–H groups in total. The quantitative estimate of drug-likeness (QED) is 0.711. The number of carbonyl (C=O) groups is 1. The van der Waals surface area contributed by atoms with Gasteiger partial charge in [0.1, 0.15) is 6.10 Å². The number of methoxy groups -OCH3 is 1. The van der Waals surface area contributed by atoms with E-state index in [4.69, 9.17) is 13.9 Å². The Kier molecular flexibility index (Phi) is 4.96. The first-order chi connectivity index (χ1) is 13.2. The predicted octanol–water partition coefficient (Wildman–Crippen LogP) is 4.09. The van der Waals surface area contributed by atoms with Gasteiger partial charge >= 0.3 is 0 Å². The Bertz CT molecular complexity index is 944. The molecule has 1 fully saturated rings. The molecule has 6 heteroatoms. The van der Waals surface area contributed by atoms with Crippen molar-refractivity contribution in [3.63, 3.8) is 0 Å². The van der Waals surface area contributed by atoms with Crippen molar-refractivity contribution >= 4 is 16.9 Å². The lowest BCUT2D eigenvalue weighted by atomic mass is 10.2. The van der Waals surface area contributed by atoms with Crippen LogP contribution in [-0.2, 0) is 6.54 Å². The number of hydrogen-bond acceptors (Lipinski definition) is 5. The monoisotopic (exact) mass is 366 g/mol. The molecule has 1 aliphatic rings. The summed E-state index contributed by atoms with van der Waals surface area (Å²) >= 11 is 0. The summed E-state index contributed by atoms with van der Waals surface area (Å²) in [6.45, 7) is 0.322. The number of fused-ring (bicyclic) bond motifs is 1. The normalized spacial score (nSPS) is 14.4. The molecule has 140 valence electrons. The van der Waals surface area contributed by atoms with Crippen LogP contribution in [0.5, 0.6) is 11.6 Å². The van der Waals surface area contributed by atoms with Gasteiger partial charge in [0.15, 0.2) is 17.1 Å². The Morgan fingerprint density at radius 1 is 1.26 bits per heavy atom. The molecular formula is C21H22N2O4. The molecule has 0 unspecified atom stereocenters. The van der Waals surface area contributed by atoms with Gasteiger partial charge in [-0.25, -0.2) is 4.98 Å². The Morgan fingerprint density at radius 3 is 2.93 bits per heavy atom. The molecule has 4 rings (SSSR count). The molecular weight excluding hydrogens is 344 g/mol. The van der Waals surface area contributed by atoms with Crippen LogP contribution in [-0.4, -0.2) is 24.1 Å². The molecule has 1 aliphatic carbocycles. The summed E-state index contributed by atoms with van der Waals surface area (Å²) in [5, 5.41) is 3.71. The number of amides is 1. The van der Waals surface area contributed by atoms with E-state index in [0.717, 1.165) is 23.8 Å². The molecule has 3 aromatic rings. The highest BCUT2D eigenvalue weighted by Gasteiger charge is 2.19. The van der Waals surface area contributed by atoms with Crippen LogP contribution in [0.3, 0.4) is 0 Å². The summed E-state index contributed by atoms with van der Waals surface area (Å²) in [6.07, 6.45) is 6.43. The maximum atomic E-state index is 12.5. The van der Waals surface area contributed by atoms with Gasteiger partial charge in [-0.05, 0) is 43.9 Å². The first-order valence-electron chi connectivity index (χ1n) is 9.20. The first-order valence-corrected chi connectivity index (χ1v) is 9.20. The van der Waals surface area contributed by atoms with Gasteiger partial charge in [-0.2, -0.15) is 0 Å². The van der Waals surface area contributed by atoms with E-state index in [1.807, 2.05) is 24.3 Å². The van der Waals surface area contributed by atoms with E-state index in [0.29, 0.717) is 23.8 Å². The average molecular weight is 366 g/mol. The minimum Gasteiger partial charge on any atom is -0.493 e. The summed E-state index contributed by atoms with van der Waals surface area (Å²) in [6, 6.07) is 11.0. The molecule has 27 heavy (non-hydrogen) atoms. The number of furan rings is 1. The number of para-hydroxylation sites is 1. The van der Waals surface area contributed by atoms with Gasteiger partial charge < -0.3 is 19.2 Å². The van der Waals surface area contributed by atoms with Gasteiger partial charge in [-0.15, -0.1) is 0 Å². The van der Waals surface area contributed by atoms with E-state index >= 15 is 0 Å². The number of carbonyl (C=O) groups excluding carboxylic acids is 1. The highest BCUT2D eigenvalue weighted by Crippen LogP contribution is 2.29. The van der Waals surface area contributed by atoms with E-state index < -0.39 is 0 Å². The Hall–Kier alpha value is -3.02. The highest BCUT2D eigenvalue weighted by molar-refractivity contribution is 5.97. The SMILES string of the molecule is COc1cccc2cc(C(=O)NCc3cccnc3OC3CCCC3)oc12. The number of nitrogens with zero attached hydrogens (tertiary/aromatic N) is 1. The van der Waals surface area contributed by atoms with Crippen molar-refractivity contribution in [1.29, 1.82) is 0 Å². The maximum Gasteiger partial charge on any atom is 0.287 e. The van der Waals surface area contributed by atoms with Gasteiger partial charge in [-0.3, -0.25) is 4.79 Å². The molecule has 0 spiro atoms. The van der Waals surface area contributed by atoms with E-state index in [1.54, 1.807) is 25.4 Å². The largest absolute Gasteiger partial charge is 0.493 e. The molecule has 1 amide bonds. The van der Waals surface area contributed by atoms with Crippen LogP contribution < -0.4 is 14.8 Å². The molecule has 0 aliphatic heterocycles. The van der Waals surface area contributed by atoms with Crippen molar-refractivity contribution in [3.05, 3.63) is 53.9 Å². The summed E-state index contributed by atoms with van der Waals surface area (Å²) in [4.78, 5) is 16.9. The molecule has 0 saturated heterocycles. The molecule has 0 radical (unpaired) electrons. The van der Waals surface area contributed by atoms with E-state index in [2.05, 4.69) is 10.3 Å². The number of benzene rings is 1. The van der Waals surface area contributed by atoms with Crippen LogP contribution in [0.25, 0.3) is 11.0 Å². The zero-order chi connectivity index (χ0) is 18.6. The van der Waals surface area contributed by atoms with Crippen molar-refractivity contribution in [1.82, 2.24) is 10.3 Å². The van der Waals surface area contributed by atoms with Gasteiger partial charge in [0.2, 0.25) is 5.88 Å². The second-order valence-corrected chi connectivity index (χ2v) is 6.66. The predicted molar refractivity (Wildman–Crippen MR) is 101 cm³/mol. The highest BCUT2D eigenvalue weighted by atomic mass is 16.5. The molecule has 0 atom stereocenters. The molecule has 2 aromatic heterocycles. The Balaban J connectivity index is 1.46. The fourth-order valence-corrected chi connectivity index (χ4v) is 3.40. The summed E-state index contributed by atoms with van der Waals surface area (Å²) in [5.41, 5.74) is 1.42. The molecule has 6 nitrogen and oxygen atoms in total. The minimum atomic E-state index is -0.288. The second-order valence-electron chi connectivity index (χ2n) is 6.66. The zero-order valence-electron chi connectivity index (χ0n) is 15.2. The van der Waals surface area contributed by atoms with Crippen molar-refractivity contribution < 1.29 is 18.7 Å². The number of ether oxygens (including phenoxy) is 2. The lowest BCUT2D eigenvalue weighted by Crippen LogP contribution is -2.23. The third-order valence-corrected chi connectivity index (χ3v) is 4.82. The van der Waals surface area contributed by atoms with Gasteiger partial charge in [0.05, 0.1) is 7.11 Å². The molecule has 0 bridgehead atoms. The minimum absolute atomic E-state index is 0.220. The number of nitrogens with one attached hydrogen (secondary N) is 1. The van der Waals surface area contributed by atoms with E-state index in [9.17, 15) is 4.79 Å². The molecule has 1 aromatic carbocycles. The Labute approximate surface area is 157 Å². The number of pyridine rings is 1. The van der Waals surface area contributed by atoms with Gasteiger partial charge in [0.25, 0.3) is 5.91 Å². The Morgan fingerprint density at radius 2 is 2.11 bits per heavy atom. The van der Waals surface area contributed by atoms with Crippen molar-refractivity contribution in [2.24, 2.45) is 0 Å². The van der Waals surface area contributed by atoms with Crippen LogP contribution in [0.4, 0.5) is 0 Å². The number of hydrogen-bond donors (Lipinski definition) is 1. The standard InChI is InChI=1S/C21H22N2O4/c1-25-17-10-4-6-14-12-18(27-19(14)17)20(24)23-13-15-7-5-11-22-21(15)26-16-8-2-3-9-16/h4-7,10-12,16H,2-3,8-9,13H2,1H3,(H,23,24). The third kappa shape index (κ3) is 3.74. The van der Waals surface area contributed by atoms with E-state index in [-0.39, 0.29) is 17.8 Å². The summed E-state index contributed by atoms with van der Waals surface area (Å²) < 4.78 is 17.0. The maximum absolute atomic E-state index is 12.5. The molecule has 2 heterocycles. The smallest absolute Gasteiger partial charge is 0.287 e. The lowest BCUT2D eigenvalue weighted by Gasteiger charge is -2.15. The van der Waals surface area contributed by atoms with Crippen molar-refractivity contribution in [2.75, 3.05) is 7.11 Å². The van der Waals surface area contributed by atoms with Crippen LogP contribution in [0.2, 0.25) is 0 Å². The number of aromatic nitrogens is 1. The number of rotatable bonds is 6. The zero-order valence-corrected chi connectivity index (χ0v) is 15.2. The summed E-state index contributed by atoms with van der Waals surface area (Å²) in [7, 11) is 1.57. The fourth-order valence-electron chi connectivity index (χ4n) is 3.40. The first kappa shape index (κ1) is 17.4. The van der Waals surface area contributed by atoms with Crippen molar-refractivity contribution in [3.8, 4) is 11.6 Å². The molecule has 1 saturated carbocycles. The van der Waals surface area contributed by atoms with Crippen LogP contribution in [0.15, 0.2) is 47.0 Å². The van der Waals surface area contributed by atoms with E-state index in [1.165, 1.54) is 12.8 Å². The van der Waals surface area contributed by atoms with Crippen LogP contribution >= 0.6 is 0 Å². The van der Waals surface area contributed by atoms with Crippen LogP contribution in [0, 0.1) is 0 Å². The van der Waals surface area contributed by atoms with Gasteiger partial charge in [0, 0.05) is 23.7 Å². The third-order valence-electron chi connectivity index (χ3n) is 4.82. The topological polar surface area (TPSA) is 73.6 Å². The lowest BCUT2D eigenvalue weighted by molar-refractivity contribution is 0.0924. The van der Waals surface area contributed by atoms with Crippen LogP contribution in [0.1, 0.15) is 41.8 Å². The van der Waals surface area contributed by atoms with Crippen molar-refractivity contribution in [2.45, 2.75) is 38.3 Å².